The first-order valence-corrected chi connectivity index (χ1v) is 11.2. The molecule has 7 heteroatoms. The van der Waals surface area contributed by atoms with Crippen LogP contribution in [0, 0.1) is 0 Å². The number of nitrogens with zero attached hydrogens (tertiary/aromatic N) is 2. The Hall–Kier alpha value is -3.22. The third-order valence-electron chi connectivity index (χ3n) is 5.48. The van der Waals surface area contributed by atoms with Crippen LogP contribution in [-0.2, 0) is 6.54 Å². The highest BCUT2D eigenvalue weighted by Gasteiger charge is 2.17. The summed E-state index contributed by atoms with van der Waals surface area (Å²) in [6.07, 6.45) is 3.34. The second-order valence-corrected chi connectivity index (χ2v) is 7.94. The number of hydrogen-bond donors (Lipinski definition) is 2. The fourth-order valence-electron chi connectivity index (χ4n) is 3.67. The van der Waals surface area contributed by atoms with Crippen LogP contribution in [0.1, 0.15) is 42.1 Å². The van der Waals surface area contributed by atoms with Crippen molar-refractivity contribution in [1.29, 1.82) is 0 Å². The number of piperidine rings is 1. The topological polar surface area (TPSA) is 75.2 Å². The van der Waals surface area contributed by atoms with Gasteiger partial charge in [0.15, 0.2) is 17.5 Å². The molecule has 172 valence electrons. The minimum atomic E-state index is -0.0788. The average molecular weight is 439 g/mol. The molecule has 0 aliphatic carbocycles. The normalized spacial score (nSPS) is 15.1. The summed E-state index contributed by atoms with van der Waals surface area (Å²) in [6, 6.07) is 15.4. The molecule has 1 aliphatic heterocycles. The molecule has 1 fully saturated rings. The maximum absolute atomic E-state index is 12.6. The van der Waals surface area contributed by atoms with Crippen LogP contribution in [0.3, 0.4) is 0 Å². The quantitative estimate of drug-likeness (QED) is 0.488. The van der Waals surface area contributed by atoms with Gasteiger partial charge in [-0.15, -0.1) is 0 Å². The van der Waals surface area contributed by atoms with E-state index in [9.17, 15) is 4.79 Å². The van der Waals surface area contributed by atoms with E-state index in [0.717, 1.165) is 37.1 Å². The highest BCUT2D eigenvalue weighted by molar-refractivity contribution is 5.94. The molecule has 2 aromatic carbocycles. The van der Waals surface area contributed by atoms with Crippen LogP contribution in [-0.4, -0.2) is 56.7 Å². The number of carbonyl (C=O) groups is 1. The Labute approximate surface area is 190 Å². The number of hydrogen-bond acceptors (Lipinski definition) is 4. The largest absolute Gasteiger partial charge is 0.493 e. The summed E-state index contributed by atoms with van der Waals surface area (Å²) in [6.45, 7) is 4.91. The molecule has 3 rings (SSSR count). The standard InChI is InChI=1S/C25H34N4O3/c1-19(32-23-10-6-5-9-22(23)31-3)17-27-25(26-2)28-18-20-11-13-21(14-12-20)24(30)29-15-7-4-8-16-29/h5-6,9-14,19H,4,7-8,15-18H2,1-3H3,(H2,26,27,28). The van der Waals surface area contributed by atoms with Crippen molar-refractivity contribution in [2.75, 3.05) is 33.8 Å². The van der Waals surface area contributed by atoms with Crippen molar-refractivity contribution in [1.82, 2.24) is 15.5 Å². The van der Waals surface area contributed by atoms with Crippen LogP contribution >= 0.6 is 0 Å². The number of ether oxygens (including phenoxy) is 2. The molecule has 0 saturated carbocycles. The van der Waals surface area contributed by atoms with Gasteiger partial charge < -0.3 is 25.0 Å². The Morgan fingerprint density at radius 2 is 1.72 bits per heavy atom. The summed E-state index contributed by atoms with van der Waals surface area (Å²) in [5.41, 5.74) is 1.84. The number of aliphatic imine (C=N–C) groups is 1. The van der Waals surface area contributed by atoms with E-state index in [1.54, 1.807) is 14.2 Å². The Bertz CT molecular complexity index is 892. The van der Waals surface area contributed by atoms with Crippen molar-refractivity contribution in [2.24, 2.45) is 4.99 Å². The number of methoxy groups -OCH3 is 1. The number of nitrogens with one attached hydrogen (secondary N) is 2. The molecule has 1 amide bonds. The van der Waals surface area contributed by atoms with E-state index in [4.69, 9.17) is 9.47 Å². The zero-order chi connectivity index (χ0) is 22.8. The number of amides is 1. The summed E-state index contributed by atoms with van der Waals surface area (Å²) >= 11 is 0. The molecule has 0 bridgehead atoms. The molecule has 2 aromatic rings. The number of para-hydroxylation sites is 2. The molecular weight excluding hydrogens is 404 g/mol. The minimum Gasteiger partial charge on any atom is -0.493 e. The lowest BCUT2D eigenvalue weighted by molar-refractivity contribution is 0.0724. The number of carbonyl (C=O) groups excluding carboxylic acids is 1. The van der Waals surface area contributed by atoms with Crippen LogP contribution < -0.4 is 20.1 Å². The predicted molar refractivity (Wildman–Crippen MR) is 127 cm³/mol. The van der Waals surface area contributed by atoms with Gasteiger partial charge in [-0.05, 0) is 56.0 Å². The summed E-state index contributed by atoms with van der Waals surface area (Å²) in [4.78, 5) is 18.8. The highest BCUT2D eigenvalue weighted by atomic mass is 16.5. The van der Waals surface area contributed by atoms with Gasteiger partial charge in [0.2, 0.25) is 0 Å². The number of benzene rings is 2. The lowest BCUT2D eigenvalue weighted by Gasteiger charge is -2.26. The van der Waals surface area contributed by atoms with Gasteiger partial charge in [-0.3, -0.25) is 9.79 Å². The molecular formula is C25H34N4O3. The van der Waals surface area contributed by atoms with Crippen LogP contribution in [0.15, 0.2) is 53.5 Å². The van der Waals surface area contributed by atoms with E-state index in [0.29, 0.717) is 30.5 Å². The third-order valence-corrected chi connectivity index (χ3v) is 5.48. The molecule has 0 aromatic heterocycles. The van der Waals surface area contributed by atoms with Crippen LogP contribution in [0.5, 0.6) is 11.5 Å². The van der Waals surface area contributed by atoms with Crippen LogP contribution in [0.4, 0.5) is 0 Å². The monoisotopic (exact) mass is 438 g/mol. The van der Waals surface area contributed by atoms with E-state index in [1.165, 1.54) is 6.42 Å². The van der Waals surface area contributed by atoms with Gasteiger partial charge in [0, 0.05) is 32.2 Å². The fourth-order valence-corrected chi connectivity index (χ4v) is 3.67. The maximum Gasteiger partial charge on any atom is 0.253 e. The molecule has 0 spiro atoms. The zero-order valence-electron chi connectivity index (χ0n) is 19.3. The van der Waals surface area contributed by atoms with Crippen molar-refractivity contribution in [2.45, 2.75) is 38.8 Å². The summed E-state index contributed by atoms with van der Waals surface area (Å²) in [5, 5.41) is 6.58. The molecule has 1 aliphatic rings. The SMILES string of the molecule is CN=C(NCc1ccc(C(=O)N2CCCCC2)cc1)NCC(C)Oc1ccccc1OC. The molecule has 32 heavy (non-hydrogen) atoms. The predicted octanol–water partition coefficient (Wildman–Crippen LogP) is 3.45. The molecule has 0 radical (unpaired) electrons. The lowest BCUT2D eigenvalue weighted by atomic mass is 10.1. The molecule has 7 nitrogen and oxygen atoms in total. The van der Waals surface area contributed by atoms with E-state index in [1.807, 2.05) is 60.4 Å². The Balaban J connectivity index is 1.45. The van der Waals surface area contributed by atoms with E-state index >= 15 is 0 Å². The van der Waals surface area contributed by atoms with Crippen molar-refractivity contribution >= 4 is 11.9 Å². The third kappa shape index (κ3) is 6.64. The first-order chi connectivity index (χ1) is 15.6. The smallest absolute Gasteiger partial charge is 0.253 e. The molecule has 2 N–H and O–H groups in total. The summed E-state index contributed by atoms with van der Waals surface area (Å²) in [5.74, 6) is 2.25. The second kappa shape index (κ2) is 12.0. The summed E-state index contributed by atoms with van der Waals surface area (Å²) < 4.78 is 11.3. The average Bonchev–Trinajstić information content (AvgIpc) is 2.85. The first-order valence-electron chi connectivity index (χ1n) is 11.2. The molecule has 1 saturated heterocycles. The Kier molecular flexibility index (Phi) is 8.78. The molecule has 1 unspecified atom stereocenters. The van der Waals surface area contributed by atoms with Gasteiger partial charge >= 0.3 is 0 Å². The molecule has 1 atom stereocenters. The second-order valence-electron chi connectivity index (χ2n) is 7.94. The van der Waals surface area contributed by atoms with Gasteiger partial charge in [-0.2, -0.15) is 0 Å². The van der Waals surface area contributed by atoms with Crippen molar-refractivity contribution in [3.8, 4) is 11.5 Å². The van der Waals surface area contributed by atoms with Gasteiger partial charge in [0.1, 0.15) is 6.10 Å². The van der Waals surface area contributed by atoms with E-state index < -0.39 is 0 Å². The van der Waals surface area contributed by atoms with Gasteiger partial charge in [-0.1, -0.05) is 24.3 Å². The number of guanidine groups is 1. The van der Waals surface area contributed by atoms with Gasteiger partial charge in [0.05, 0.1) is 13.7 Å². The van der Waals surface area contributed by atoms with Crippen LogP contribution in [0.25, 0.3) is 0 Å². The van der Waals surface area contributed by atoms with Crippen LogP contribution in [0.2, 0.25) is 0 Å². The first kappa shape index (κ1) is 23.4. The van der Waals surface area contributed by atoms with E-state index in [2.05, 4.69) is 15.6 Å². The zero-order valence-corrected chi connectivity index (χ0v) is 19.3. The van der Waals surface area contributed by atoms with Gasteiger partial charge in [0.25, 0.3) is 5.91 Å². The maximum atomic E-state index is 12.6. The molecule has 1 heterocycles. The Morgan fingerprint density at radius 3 is 2.38 bits per heavy atom. The van der Waals surface area contributed by atoms with E-state index in [-0.39, 0.29) is 12.0 Å². The lowest BCUT2D eigenvalue weighted by Crippen LogP contribution is -2.41. The van der Waals surface area contributed by atoms with Crippen molar-refractivity contribution < 1.29 is 14.3 Å². The number of rotatable bonds is 8. The fraction of sp³-hybridized carbons (Fsp3) is 0.440. The van der Waals surface area contributed by atoms with Crippen molar-refractivity contribution in [3.05, 3.63) is 59.7 Å². The minimum absolute atomic E-state index is 0.0788. The van der Waals surface area contributed by atoms with Crippen molar-refractivity contribution in [3.63, 3.8) is 0 Å². The Morgan fingerprint density at radius 1 is 1.03 bits per heavy atom. The van der Waals surface area contributed by atoms with Gasteiger partial charge in [-0.25, -0.2) is 0 Å². The summed E-state index contributed by atoms with van der Waals surface area (Å²) in [7, 11) is 3.37. The highest BCUT2D eigenvalue weighted by Crippen LogP contribution is 2.26. The number of likely N-dealkylation sites (tertiary alicyclic amines) is 1.